The van der Waals surface area contributed by atoms with Gasteiger partial charge in [-0.05, 0) is 13.0 Å². The molecule has 3 N–H and O–H groups in total. The van der Waals surface area contributed by atoms with Gasteiger partial charge >= 0.3 is 5.97 Å². The number of carboxylic acids is 1. The molecule has 8 nitrogen and oxygen atoms in total. The number of carbonyl (C=O) groups excluding carboxylic acids is 1. The van der Waals surface area contributed by atoms with Crippen molar-refractivity contribution in [1.82, 2.24) is 15.3 Å². The maximum Gasteiger partial charge on any atom is 0.306 e. The van der Waals surface area contributed by atoms with Crippen LogP contribution in [0.2, 0.25) is 0 Å². The lowest BCUT2D eigenvalue weighted by atomic mass is 10.0. The molecule has 0 saturated carbocycles. The average Bonchev–Trinajstić information content (AvgIpc) is 2.36. The summed E-state index contributed by atoms with van der Waals surface area (Å²) in [5.74, 6) is -1.08. The predicted molar refractivity (Wildman–Crippen MR) is 71.2 cm³/mol. The largest absolute Gasteiger partial charge is 0.481 e. The third kappa shape index (κ3) is 5.61. The van der Waals surface area contributed by atoms with Crippen LogP contribution in [0.3, 0.4) is 0 Å². The van der Waals surface area contributed by atoms with Gasteiger partial charge in [-0.15, -0.1) is 0 Å². The summed E-state index contributed by atoms with van der Waals surface area (Å²) in [7, 11) is 1.66. The Bertz CT molecular complexity index is 464. The highest BCUT2D eigenvalue weighted by Gasteiger charge is 2.25. The Morgan fingerprint density at radius 1 is 1.40 bits per heavy atom. The minimum absolute atomic E-state index is 0.00711. The first kappa shape index (κ1) is 15.8. The van der Waals surface area contributed by atoms with Crippen LogP contribution in [0.15, 0.2) is 18.5 Å². The van der Waals surface area contributed by atoms with Gasteiger partial charge < -0.3 is 20.4 Å². The molecule has 1 unspecified atom stereocenters. The maximum atomic E-state index is 11.7. The molecule has 110 valence electrons. The van der Waals surface area contributed by atoms with E-state index in [1.807, 2.05) is 0 Å². The van der Waals surface area contributed by atoms with Gasteiger partial charge in [0.15, 0.2) is 0 Å². The fourth-order valence-corrected chi connectivity index (χ4v) is 1.51. The van der Waals surface area contributed by atoms with Crippen molar-refractivity contribution < 1.29 is 19.8 Å². The van der Waals surface area contributed by atoms with Gasteiger partial charge in [-0.25, -0.2) is 9.97 Å². The van der Waals surface area contributed by atoms with Crippen molar-refractivity contribution in [3.8, 4) is 0 Å². The zero-order valence-electron chi connectivity index (χ0n) is 11.4. The second-order valence-electron chi connectivity index (χ2n) is 4.75. The monoisotopic (exact) mass is 282 g/mol. The number of likely N-dealkylation sites (N-methyl/N-ethyl adjacent to an activating group) is 1. The molecule has 0 aliphatic rings. The van der Waals surface area contributed by atoms with Crippen molar-refractivity contribution in [1.29, 1.82) is 0 Å². The summed E-state index contributed by atoms with van der Waals surface area (Å²) in [6.07, 6.45) is 2.69. The predicted octanol–water partition coefficient (Wildman–Crippen LogP) is -0.745. The van der Waals surface area contributed by atoms with Crippen molar-refractivity contribution in [2.24, 2.45) is 0 Å². The number of rotatable bonds is 7. The summed E-state index contributed by atoms with van der Waals surface area (Å²) in [5.41, 5.74) is -1.48. The second kappa shape index (κ2) is 6.80. The van der Waals surface area contributed by atoms with Gasteiger partial charge in [0.05, 0.1) is 18.6 Å². The number of carbonyl (C=O) groups is 2. The molecule has 0 aromatic carbocycles. The van der Waals surface area contributed by atoms with Gasteiger partial charge in [0.25, 0.3) is 0 Å². The highest BCUT2D eigenvalue weighted by Crippen LogP contribution is 2.07. The van der Waals surface area contributed by atoms with E-state index in [1.54, 1.807) is 30.4 Å². The molecule has 0 radical (unpaired) electrons. The molecule has 8 heteroatoms. The molecule has 0 fully saturated rings. The van der Waals surface area contributed by atoms with E-state index in [4.69, 9.17) is 5.11 Å². The first-order valence-corrected chi connectivity index (χ1v) is 5.99. The van der Waals surface area contributed by atoms with Crippen LogP contribution in [-0.4, -0.2) is 57.8 Å². The first-order valence-electron chi connectivity index (χ1n) is 5.99. The summed E-state index contributed by atoms with van der Waals surface area (Å²) in [5, 5.41) is 20.8. The zero-order chi connectivity index (χ0) is 15.2. The van der Waals surface area contributed by atoms with E-state index >= 15 is 0 Å². The van der Waals surface area contributed by atoms with Gasteiger partial charge in [-0.1, -0.05) is 0 Å². The van der Waals surface area contributed by atoms with Crippen molar-refractivity contribution >= 4 is 17.8 Å². The van der Waals surface area contributed by atoms with Crippen LogP contribution < -0.4 is 10.2 Å². The lowest BCUT2D eigenvalue weighted by Gasteiger charge is -2.22. The van der Waals surface area contributed by atoms with Crippen LogP contribution >= 0.6 is 0 Å². The van der Waals surface area contributed by atoms with Crippen LogP contribution in [0.25, 0.3) is 0 Å². The fraction of sp³-hybridized carbons (Fsp3) is 0.500. The van der Waals surface area contributed by atoms with Crippen molar-refractivity contribution in [3.63, 3.8) is 0 Å². The summed E-state index contributed by atoms with van der Waals surface area (Å²) in [6, 6.07) is 1.67. The number of carboxylic acid groups (broad SMARTS) is 1. The van der Waals surface area contributed by atoms with Crippen LogP contribution in [0, 0.1) is 0 Å². The molecule has 0 aliphatic heterocycles. The minimum Gasteiger partial charge on any atom is -0.481 e. The van der Waals surface area contributed by atoms with Crippen LogP contribution in [0.5, 0.6) is 0 Å². The minimum atomic E-state index is -1.48. The smallest absolute Gasteiger partial charge is 0.306 e. The van der Waals surface area contributed by atoms with Gasteiger partial charge in [-0.3, -0.25) is 9.59 Å². The Kier molecular flexibility index (Phi) is 5.39. The number of hydrogen-bond acceptors (Lipinski definition) is 6. The van der Waals surface area contributed by atoms with E-state index in [1.165, 1.54) is 6.92 Å². The van der Waals surface area contributed by atoms with Crippen molar-refractivity contribution in [2.75, 3.05) is 25.0 Å². The molecule has 20 heavy (non-hydrogen) atoms. The van der Waals surface area contributed by atoms with Crippen LogP contribution in [0.1, 0.15) is 13.3 Å². The molecule has 0 bridgehead atoms. The van der Waals surface area contributed by atoms with Crippen molar-refractivity contribution in [3.05, 3.63) is 18.5 Å². The quantitative estimate of drug-likeness (QED) is 0.603. The molecule has 1 rings (SSSR count). The Balaban J connectivity index is 2.42. The molecular weight excluding hydrogens is 264 g/mol. The number of aliphatic carboxylic acids is 1. The highest BCUT2D eigenvalue weighted by molar-refractivity contribution is 5.80. The van der Waals surface area contributed by atoms with E-state index in [2.05, 4.69) is 15.3 Å². The Hall–Kier alpha value is -2.22. The fourth-order valence-electron chi connectivity index (χ4n) is 1.51. The number of aromatic nitrogens is 2. The second-order valence-corrected chi connectivity index (χ2v) is 4.75. The van der Waals surface area contributed by atoms with Gasteiger partial charge in [0.1, 0.15) is 0 Å². The highest BCUT2D eigenvalue weighted by atomic mass is 16.4. The molecule has 0 spiro atoms. The topological polar surface area (TPSA) is 116 Å². The summed E-state index contributed by atoms with van der Waals surface area (Å²) in [6.45, 7) is 1.22. The SMILES string of the molecule is CN(CC(=O)NCC(C)(O)CC(=O)O)c1ncccn1. The number of anilines is 1. The van der Waals surface area contributed by atoms with Crippen LogP contribution in [0.4, 0.5) is 5.95 Å². The van der Waals surface area contributed by atoms with E-state index in [0.29, 0.717) is 5.95 Å². The number of aliphatic hydroxyl groups is 1. The maximum absolute atomic E-state index is 11.7. The van der Waals surface area contributed by atoms with E-state index in [9.17, 15) is 14.7 Å². The number of amides is 1. The summed E-state index contributed by atoms with van der Waals surface area (Å²) < 4.78 is 0. The molecule has 1 aromatic heterocycles. The molecule has 1 atom stereocenters. The summed E-state index contributed by atoms with van der Waals surface area (Å²) >= 11 is 0. The lowest BCUT2D eigenvalue weighted by Crippen LogP contribution is -2.45. The zero-order valence-corrected chi connectivity index (χ0v) is 11.4. The van der Waals surface area contributed by atoms with Gasteiger partial charge in [0.2, 0.25) is 11.9 Å². The van der Waals surface area contributed by atoms with E-state index in [0.717, 1.165) is 0 Å². The average molecular weight is 282 g/mol. The van der Waals surface area contributed by atoms with Gasteiger partial charge in [-0.2, -0.15) is 0 Å². The van der Waals surface area contributed by atoms with Crippen molar-refractivity contribution in [2.45, 2.75) is 18.9 Å². The van der Waals surface area contributed by atoms with E-state index in [-0.39, 0.29) is 19.0 Å². The number of hydrogen-bond donors (Lipinski definition) is 3. The molecule has 0 aliphatic carbocycles. The standard InChI is InChI=1S/C12H18N4O4/c1-12(20,6-10(18)19)8-15-9(17)7-16(2)11-13-4-3-5-14-11/h3-5,20H,6-8H2,1-2H3,(H,15,17)(H,18,19). The van der Waals surface area contributed by atoms with Gasteiger partial charge in [0, 0.05) is 26.0 Å². The normalized spacial score (nSPS) is 13.3. The number of nitrogens with one attached hydrogen (secondary N) is 1. The Morgan fingerprint density at radius 2 is 2.00 bits per heavy atom. The molecule has 1 heterocycles. The Morgan fingerprint density at radius 3 is 2.55 bits per heavy atom. The Labute approximate surface area is 116 Å². The molecule has 1 amide bonds. The lowest BCUT2D eigenvalue weighted by molar-refractivity contribution is -0.142. The summed E-state index contributed by atoms with van der Waals surface area (Å²) in [4.78, 5) is 31.7. The molecular formula is C12H18N4O4. The third-order valence-electron chi connectivity index (χ3n) is 2.47. The van der Waals surface area contributed by atoms with Crippen LogP contribution in [-0.2, 0) is 9.59 Å². The molecule has 1 aromatic rings. The van der Waals surface area contributed by atoms with E-state index < -0.39 is 18.0 Å². The first-order chi connectivity index (χ1) is 9.30. The molecule has 0 saturated heterocycles. The third-order valence-corrected chi connectivity index (χ3v) is 2.47. The number of nitrogens with zero attached hydrogens (tertiary/aromatic N) is 3.